The van der Waals surface area contributed by atoms with Gasteiger partial charge in [-0.05, 0) is 43.0 Å². The van der Waals surface area contributed by atoms with Crippen molar-refractivity contribution in [1.82, 2.24) is 10.1 Å². The lowest BCUT2D eigenvalue weighted by molar-refractivity contribution is 0.426. The summed E-state index contributed by atoms with van der Waals surface area (Å²) in [6.07, 6.45) is 0. The van der Waals surface area contributed by atoms with Gasteiger partial charge in [0.25, 0.3) is 15.9 Å². The first kappa shape index (κ1) is 16.0. The highest BCUT2D eigenvalue weighted by atomic mass is 35.5. The van der Waals surface area contributed by atoms with Crippen molar-refractivity contribution in [3.05, 3.63) is 46.1 Å². The number of nitrogens with one attached hydrogen (secondary N) is 1. The fourth-order valence-electron chi connectivity index (χ4n) is 2.01. The van der Waals surface area contributed by atoms with E-state index in [1.165, 1.54) is 17.4 Å². The third kappa shape index (κ3) is 3.24. The zero-order valence-electron chi connectivity index (χ0n) is 12.2. The summed E-state index contributed by atoms with van der Waals surface area (Å²) in [6.45, 7) is 3.40. The van der Waals surface area contributed by atoms with Crippen LogP contribution in [0.3, 0.4) is 0 Å². The van der Waals surface area contributed by atoms with Crippen LogP contribution in [0.2, 0.25) is 5.02 Å². The fraction of sp³-hybridized carbons (Fsp3) is 0.143. The van der Waals surface area contributed by atoms with Crippen molar-refractivity contribution in [3.8, 4) is 10.8 Å². The first-order valence-electron chi connectivity index (χ1n) is 6.54. The van der Waals surface area contributed by atoms with Gasteiger partial charge in [-0.15, -0.1) is 11.3 Å². The molecule has 0 unspecified atom stereocenters. The molecule has 0 saturated carbocycles. The summed E-state index contributed by atoms with van der Waals surface area (Å²) in [4.78, 5) is 4.82. The van der Waals surface area contributed by atoms with Crippen LogP contribution >= 0.6 is 22.9 Å². The number of benzene rings is 1. The Morgan fingerprint density at radius 2 is 2.04 bits per heavy atom. The average Bonchev–Trinajstić information content (AvgIpc) is 3.09. The van der Waals surface area contributed by atoms with E-state index in [2.05, 4.69) is 14.9 Å². The minimum absolute atomic E-state index is 0.129. The molecule has 2 aromatic heterocycles. The maximum Gasteiger partial charge on any atom is 0.270 e. The second kappa shape index (κ2) is 5.95. The molecule has 0 radical (unpaired) electrons. The lowest BCUT2D eigenvalue weighted by atomic mass is 10.2. The van der Waals surface area contributed by atoms with Gasteiger partial charge >= 0.3 is 0 Å². The Morgan fingerprint density at radius 1 is 1.26 bits per heavy atom. The number of nitrogens with zero attached hydrogens (tertiary/aromatic N) is 2. The second-order valence-corrected chi connectivity index (χ2v) is 7.83. The van der Waals surface area contributed by atoms with Crippen LogP contribution in [0.25, 0.3) is 10.8 Å². The zero-order valence-corrected chi connectivity index (χ0v) is 14.6. The molecule has 0 aliphatic rings. The van der Waals surface area contributed by atoms with Crippen LogP contribution in [0.15, 0.2) is 39.1 Å². The average molecular weight is 370 g/mol. The maximum atomic E-state index is 12.6. The molecule has 0 saturated heterocycles. The summed E-state index contributed by atoms with van der Waals surface area (Å²) in [7, 11) is -3.78. The number of sulfonamides is 1. The Labute approximate surface area is 142 Å². The lowest BCUT2D eigenvalue weighted by Crippen LogP contribution is -2.14. The first-order chi connectivity index (χ1) is 10.9. The molecule has 0 atom stereocenters. The number of halogens is 1. The smallest absolute Gasteiger partial charge is 0.270 e. The SMILES string of the molecule is Cc1noc(-c2sccc2NS(=O)(=O)c2cc(Cl)ccc2C)n1. The summed E-state index contributed by atoms with van der Waals surface area (Å²) in [5.41, 5.74) is 0.991. The van der Waals surface area contributed by atoms with Gasteiger partial charge in [-0.1, -0.05) is 22.8 Å². The largest absolute Gasteiger partial charge is 0.333 e. The van der Waals surface area contributed by atoms with E-state index in [-0.39, 0.29) is 10.8 Å². The molecule has 2 heterocycles. The monoisotopic (exact) mass is 369 g/mol. The highest BCUT2D eigenvalue weighted by molar-refractivity contribution is 7.92. The molecular formula is C14H12ClN3O3S2. The van der Waals surface area contributed by atoms with Gasteiger partial charge in [0.1, 0.15) is 4.88 Å². The minimum Gasteiger partial charge on any atom is -0.333 e. The van der Waals surface area contributed by atoms with Gasteiger partial charge in [-0.3, -0.25) is 4.72 Å². The van der Waals surface area contributed by atoms with Gasteiger partial charge in [0.15, 0.2) is 5.82 Å². The molecule has 0 spiro atoms. The van der Waals surface area contributed by atoms with Crippen molar-refractivity contribution in [1.29, 1.82) is 0 Å². The number of anilines is 1. The molecule has 6 nitrogen and oxygen atoms in total. The summed E-state index contributed by atoms with van der Waals surface area (Å²) in [5, 5.41) is 5.82. The predicted octanol–water partition coefficient (Wildman–Crippen LogP) is 3.87. The Balaban J connectivity index is 1.99. The molecule has 120 valence electrons. The molecule has 1 N–H and O–H groups in total. The van der Waals surface area contributed by atoms with Crippen LogP contribution in [0, 0.1) is 13.8 Å². The van der Waals surface area contributed by atoms with E-state index in [9.17, 15) is 8.42 Å². The van der Waals surface area contributed by atoms with Crippen LogP contribution < -0.4 is 4.72 Å². The van der Waals surface area contributed by atoms with Crippen molar-refractivity contribution in [2.24, 2.45) is 0 Å². The molecule has 0 bridgehead atoms. The molecule has 9 heteroatoms. The van der Waals surface area contributed by atoms with Gasteiger partial charge in [-0.25, -0.2) is 8.42 Å². The Morgan fingerprint density at radius 3 is 2.74 bits per heavy atom. The van der Waals surface area contributed by atoms with Gasteiger partial charge in [0.2, 0.25) is 0 Å². The quantitative estimate of drug-likeness (QED) is 0.754. The molecule has 0 aliphatic heterocycles. The maximum absolute atomic E-state index is 12.6. The summed E-state index contributed by atoms with van der Waals surface area (Å²) < 4.78 is 32.9. The standard InChI is InChI=1S/C14H12ClN3O3S2/c1-8-3-4-10(15)7-12(8)23(19,20)18-11-5-6-22-13(11)14-16-9(2)17-21-14/h3-7,18H,1-2H3. The van der Waals surface area contributed by atoms with Crippen LogP contribution in [0.1, 0.15) is 11.4 Å². The molecule has 23 heavy (non-hydrogen) atoms. The van der Waals surface area contributed by atoms with Crippen LogP contribution in [-0.2, 0) is 10.0 Å². The van der Waals surface area contributed by atoms with Crippen LogP contribution in [0.4, 0.5) is 5.69 Å². The third-order valence-electron chi connectivity index (χ3n) is 3.07. The number of rotatable bonds is 4. The first-order valence-corrected chi connectivity index (χ1v) is 9.28. The van der Waals surface area contributed by atoms with E-state index in [0.29, 0.717) is 27.0 Å². The number of hydrogen-bond acceptors (Lipinski definition) is 6. The van der Waals surface area contributed by atoms with E-state index in [0.717, 1.165) is 0 Å². The van der Waals surface area contributed by atoms with Crippen molar-refractivity contribution in [2.45, 2.75) is 18.7 Å². The number of aryl methyl sites for hydroxylation is 2. The van der Waals surface area contributed by atoms with Crippen LogP contribution in [-0.4, -0.2) is 18.6 Å². The van der Waals surface area contributed by atoms with Gasteiger partial charge in [0, 0.05) is 5.02 Å². The van der Waals surface area contributed by atoms with E-state index in [1.807, 2.05) is 0 Å². The molecule has 1 aromatic carbocycles. The third-order valence-corrected chi connectivity index (χ3v) is 5.72. The number of thiophene rings is 1. The molecule has 3 rings (SSSR count). The van der Waals surface area contributed by atoms with Crippen molar-refractivity contribution in [2.75, 3.05) is 4.72 Å². The molecule has 3 aromatic rings. The summed E-state index contributed by atoms with van der Waals surface area (Å²) in [6, 6.07) is 6.37. The topological polar surface area (TPSA) is 85.1 Å². The Hall–Kier alpha value is -1.90. The molecular weight excluding hydrogens is 358 g/mol. The van der Waals surface area contributed by atoms with Crippen LogP contribution in [0.5, 0.6) is 0 Å². The molecule has 0 fully saturated rings. The van der Waals surface area contributed by atoms with Gasteiger partial charge in [-0.2, -0.15) is 4.98 Å². The van der Waals surface area contributed by atoms with Gasteiger partial charge < -0.3 is 4.52 Å². The van der Waals surface area contributed by atoms with E-state index in [1.54, 1.807) is 37.4 Å². The highest BCUT2D eigenvalue weighted by Gasteiger charge is 2.21. The summed E-state index contributed by atoms with van der Waals surface area (Å²) >= 11 is 7.22. The zero-order chi connectivity index (χ0) is 16.6. The molecule has 0 aliphatic carbocycles. The number of aromatic nitrogens is 2. The van der Waals surface area contributed by atoms with Crippen molar-refractivity contribution in [3.63, 3.8) is 0 Å². The van der Waals surface area contributed by atoms with E-state index < -0.39 is 10.0 Å². The lowest BCUT2D eigenvalue weighted by Gasteiger charge is -2.10. The normalized spacial score (nSPS) is 11.6. The second-order valence-electron chi connectivity index (χ2n) is 4.83. The molecule has 0 amide bonds. The van der Waals surface area contributed by atoms with Gasteiger partial charge in [0.05, 0.1) is 10.6 Å². The Kier molecular flexibility index (Phi) is 4.13. The minimum atomic E-state index is -3.78. The van der Waals surface area contributed by atoms with Crippen molar-refractivity contribution >= 4 is 38.6 Å². The Bertz CT molecular complexity index is 963. The fourth-order valence-corrected chi connectivity index (χ4v) is 4.42. The van der Waals surface area contributed by atoms with E-state index in [4.69, 9.17) is 16.1 Å². The number of hydrogen-bond donors (Lipinski definition) is 1. The predicted molar refractivity (Wildman–Crippen MR) is 89.3 cm³/mol. The van der Waals surface area contributed by atoms with E-state index >= 15 is 0 Å². The summed E-state index contributed by atoms with van der Waals surface area (Å²) in [5.74, 6) is 0.755. The van der Waals surface area contributed by atoms with Crippen molar-refractivity contribution < 1.29 is 12.9 Å². The highest BCUT2D eigenvalue weighted by Crippen LogP contribution is 2.34.